The molecule has 0 aromatic heterocycles. The highest BCUT2D eigenvalue weighted by Crippen LogP contribution is 2.13. The molecule has 0 unspecified atom stereocenters. The van der Waals surface area contributed by atoms with E-state index in [0.29, 0.717) is 18.7 Å². The summed E-state index contributed by atoms with van der Waals surface area (Å²) in [4.78, 5) is 6.59. The minimum Gasteiger partial charge on any atom is -0.497 e. The van der Waals surface area contributed by atoms with Gasteiger partial charge in [-0.05, 0) is 62.8 Å². The quantitative estimate of drug-likeness (QED) is 0.513. The minimum atomic E-state index is -0.175. The first kappa shape index (κ1) is 21.7. The van der Waals surface area contributed by atoms with E-state index in [1.54, 1.807) is 13.2 Å². The van der Waals surface area contributed by atoms with Crippen LogP contribution in [0.4, 0.5) is 4.39 Å². The van der Waals surface area contributed by atoms with Crippen molar-refractivity contribution in [3.63, 3.8) is 0 Å². The highest BCUT2D eigenvalue weighted by atomic mass is 19.1. The van der Waals surface area contributed by atoms with Crippen LogP contribution in [0, 0.1) is 5.82 Å². The van der Waals surface area contributed by atoms with E-state index in [1.807, 2.05) is 44.1 Å². The summed E-state index contributed by atoms with van der Waals surface area (Å²) in [6.07, 6.45) is 0.887. The Morgan fingerprint density at radius 1 is 1.07 bits per heavy atom. The topological polar surface area (TPSA) is 48.9 Å². The molecule has 0 aliphatic rings. The van der Waals surface area contributed by atoms with Crippen LogP contribution in [0.25, 0.3) is 0 Å². The minimum absolute atomic E-state index is 0.175. The lowest BCUT2D eigenvalue weighted by Gasteiger charge is -2.13. The Morgan fingerprint density at radius 3 is 2.43 bits per heavy atom. The smallest absolute Gasteiger partial charge is 0.191 e. The maximum Gasteiger partial charge on any atom is 0.191 e. The van der Waals surface area contributed by atoms with Crippen LogP contribution < -0.4 is 15.4 Å². The average molecular weight is 387 g/mol. The molecule has 0 fully saturated rings. The molecule has 0 radical (unpaired) electrons. The zero-order valence-electron chi connectivity index (χ0n) is 17.3. The number of guanidine groups is 1. The Bertz CT molecular complexity index is 760. The van der Waals surface area contributed by atoms with E-state index in [0.717, 1.165) is 36.8 Å². The molecule has 0 saturated heterocycles. The SMILES string of the molecule is CCNC(=NCc1ccc(F)c(CN(C)C)c1)NCCc1ccc(OC)cc1. The molecule has 6 heteroatoms. The number of halogens is 1. The predicted molar refractivity (Wildman–Crippen MR) is 113 cm³/mol. The second kappa shape index (κ2) is 11.3. The lowest BCUT2D eigenvalue weighted by Crippen LogP contribution is -2.38. The fourth-order valence-electron chi connectivity index (χ4n) is 2.82. The Kier molecular flexibility index (Phi) is 8.75. The van der Waals surface area contributed by atoms with E-state index in [4.69, 9.17) is 4.74 Å². The number of hydrogen-bond donors (Lipinski definition) is 2. The zero-order valence-corrected chi connectivity index (χ0v) is 17.3. The van der Waals surface area contributed by atoms with Crippen molar-refractivity contribution in [3.8, 4) is 5.75 Å². The molecule has 0 aliphatic heterocycles. The van der Waals surface area contributed by atoms with E-state index < -0.39 is 0 Å². The van der Waals surface area contributed by atoms with Gasteiger partial charge in [-0.3, -0.25) is 0 Å². The van der Waals surface area contributed by atoms with Crippen LogP contribution in [-0.4, -0.2) is 45.2 Å². The van der Waals surface area contributed by atoms with E-state index in [1.165, 1.54) is 11.6 Å². The number of nitrogens with zero attached hydrogens (tertiary/aromatic N) is 2. The van der Waals surface area contributed by atoms with Crippen molar-refractivity contribution >= 4 is 5.96 Å². The summed E-state index contributed by atoms with van der Waals surface area (Å²) in [6, 6.07) is 13.3. The first-order valence-electron chi connectivity index (χ1n) is 9.59. The van der Waals surface area contributed by atoms with Gasteiger partial charge in [-0.1, -0.05) is 18.2 Å². The number of nitrogens with one attached hydrogen (secondary N) is 2. The molecule has 5 nitrogen and oxygen atoms in total. The summed E-state index contributed by atoms with van der Waals surface area (Å²) in [7, 11) is 5.53. The molecule has 28 heavy (non-hydrogen) atoms. The second-order valence-electron chi connectivity index (χ2n) is 6.88. The molecule has 0 heterocycles. The standard InChI is InChI=1S/C22H31FN4O/c1-5-24-22(25-13-12-17-6-9-20(28-4)10-7-17)26-15-18-8-11-21(23)19(14-18)16-27(2)3/h6-11,14H,5,12-13,15-16H2,1-4H3,(H2,24,25,26). The Morgan fingerprint density at radius 2 is 1.79 bits per heavy atom. The summed E-state index contributed by atoms with van der Waals surface area (Å²) in [6.45, 7) is 4.66. The molecule has 2 rings (SSSR count). The van der Waals surface area contributed by atoms with Gasteiger partial charge in [-0.15, -0.1) is 0 Å². The molecular formula is C22H31FN4O. The molecule has 0 spiro atoms. The molecule has 0 atom stereocenters. The normalized spacial score (nSPS) is 11.6. The van der Waals surface area contributed by atoms with Crippen LogP contribution in [-0.2, 0) is 19.5 Å². The summed E-state index contributed by atoms with van der Waals surface area (Å²) in [5.41, 5.74) is 2.91. The molecule has 152 valence electrons. The summed E-state index contributed by atoms with van der Waals surface area (Å²) in [5, 5.41) is 6.60. The fraction of sp³-hybridized carbons (Fsp3) is 0.409. The molecule has 2 aromatic carbocycles. The van der Waals surface area contributed by atoms with Crippen molar-refractivity contribution < 1.29 is 9.13 Å². The second-order valence-corrected chi connectivity index (χ2v) is 6.88. The zero-order chi connectivity index (χ0) is 20.4. The van der Waals surface area contributed by atoms with Gasteiger partial charge in [0, 0.05) is 25.2 Å². The number of rotatable bonds is 9. The van der Waals surface area contributed by atoms with Crippen molar-refractivity contribution in [2.24, 2.45) is 4.99 Å². The van der Waals surface area contributed by atoms with Gasteiger partial charge in [-0.25, -0.2) is 9.38 Å². The Labute approximate surface area is 167 Å². The molecule has 2 aromatic rings. The van der Waals surface area contributed by atoms with E-state index in [-0.39, 0.29) is 5.82 Å². The first-order valence-corrected chi connectivity index (χ1v) is 9.59. The molecule has 2 N–H and O–H groups in total. The predicted octanol–water partition coefficient (Wildman–Crippen LogP) is 3.19. The van der Waals surface area contributed by atoms with Gasteiger partial charge in [0.15, 0.2) is 5.96 Å². The van der Waals surface area contributed by atoms with Gasteiger partial charge in [-0.2, -0.15) is 0 Å². The van der Waals surface area contributed by atoms with Crippen LogP contribution in [0.2, 0.25) is 0 Å². The van der Waals surface area contributed by atoms with Crippen LogP contribution >= 0.6 is 0 Å². The summed E-state index contributed by atoms with van der Waals surface area (Å²) < 4.78 is 19.1. The van der Waals surface area contributed by atoms with Crippen molar-refractivity contribution in [1.29, 1.82) is 0 Å². The molecule has 0 amide bonds. The third-order valence-corrected chi connectivity index (χ3v) is 4.23. The fourth-order valence-corrected chi connectivity index (χ4v) is 2.82. The number of aliphatic imine (C=N–C) groups is 1. The largest absolute Gasteiger partial charge is 0.497 e. The maximum atomic E-state index is 13.9. The molecule has 0 aliphatic carbocycles. The number of ether oxygens (including phenoxy) is 1. The van der Waals surface area contributed by atoms with E-state index in [2.05, 4.69) is 27.8 Å². The maximum absolute atomic E-state index is 13.9. The summed E-state index contributed by atoms with van der Waals surface area (Å²) in [5.74, 6) is 1.44. The highest BCUT2D eigenvalue weighted by Gasteiger charge is 2.05. The average Bonchev–Trinajstić information content (AvgIpc) is 2.68. The van der Waals surface area contributed by atoms with E-state index >= 15 is 0 Å². The van der Waals surface area contributed by atoms with Gasteiger partial charge in [0.05, 0.1) is 13.7 Å². The summed E-state index contributed by atoms with van der Waals surface area (Å²) >= 11 is 0. The lowest BCUT2D eigenvalue weighted by molar-refractivity contribution is 0.392. The third-order valence-electron chi connectivity index (χ3n) is 4.23. The number of hydrogen-bond acceptors (Lipinski definition) is 3. The Balaban J connectivity index is 1.93. The monoisotopic (exact) mass is 386 g/mol. The number of benzene rings is 2. The van der Waals surface area contributed by atoms with Crippen LogP contribution in [0.3, 0.4) is 0 Å². The van der Waals surface area contributed by atoms with Crippen molar-refractivity contribution in [1.82, 2.24) is 15.5 Å². The van der Waals surface area contributed by atoms with Crippen LogP contribution in [0.15, 0.2) is 47.5 Å². The van der Waals surface area contributed by atoms with Crippen LogP contribution in [0.5, 0.6) is 5.75 Å². The molecule has 0 saturated carbocycles. The van der Waals surface area contributed by atoms with Crippen molar-refractivity contribution in [2.45, 2.75) is 26.4 Å². The van der Waals surface area contributed by atoms with E-state index in [9.17, 15) is 4.39 Å². The van der Waals surface area contributed by atoms with Crippen LogP contribution in [0.1, 0.15) is 23.6 Å². The third kappa shape index (κ3) is 7.19. The molecular weight excluding hydrogens is 355 g/mol. The van der Waals surface area contributed by atoms with Crippen molar-refractivity contribution in [3.05, 3.63) is 65.0 Å². The first-order chi connectivity index (χ1) is 13.5. The van der Waals surface area contributed by atoms with Gasteiger partial charge in [0.25, 0.3) is 0 Å². The number of methoxy groups -OCH3 is 1. The lowest BCUT2D eigenvalue weighted by atomic mass is 10.1. The highest BCUT2D eigenvalue weighted by molar-refractivity contribution is 5.79. The molecule has 0 bridgehead atoms. The van der Waals surface area contributed by atoms with Gasteiger partial charge in [0.1, 0.15) is 11.6 Å². The van der Waals surface area contributed by atoms with Crippen molar-refractivity contribution in [2.75, 3.05) is 34.3 Å². The van der Waals surface area contributed by atoms with Gasteiger partial charge in [0.2, 0.25) is 0 Å². The Hall–Kier alpha value is -2.60. The van der Waals surface area contributed by atoms with Gasteiger partial charge >= 0.3 is 0 Å². The van der Waals surface area contributed by atoms with Gasteiger partial charge < -0.3 is 20.3 Å².